The Morgan fingerprint density at radius 1 is 1.07 bits per heavy atom. The van der Waals surface area contributed by atoms with Gasteiger partial charge in [0.1, 0.15) is 0 Å². The molecule has 30 heavy (non-hydrogen) atoms. The van der Waals surface area contributed by atoms with Crippen LogP contribution in [0.2, 0.25) is 0 Å². The van der Waals surface area contributed by atoms with E-state index in [0.29, 0.717) is 12.5 Å². The second-order valence-corrected chi connectivity index (χ2v) is 7.73. The van der Waals surface area contributed by atoms with Gasteiger partial charge in [0.25, 0.3) is 5.69 Å². The van der Waals surface area contributed by atoms with E-state index in [-0.39, 0.29) is 22.6 Å². The number of carbonyl (C=O) groups excluding carboxylic acids is 1. The van der Waals surface area contributed by atoms with Gasteiger partial charge in [0.05, 0.1) is 11.0 Å². The smallest absolute Gasteiger partial charge is 0.269 e. The maximum absolute atomic E-state index is 12.7. The van der Waals surface area contributed by atoms with Gasteiger partial charge in [-0.25, -0.2) is 0 Å². The van der Waals surface area contributed by atoms with Gasteiger partial charge in [0.15, 0.2) is 0 Å². The summed E-state index contributed by atoms with van der Waals surface area (Å²) in [5, 5.41) is 13.9. The highest BCUT2D eigenvalue weighted by atomic mass is 16.6. The lowest BCUT2D eigenvalue weighted by atomic mass is 9.96. The fourth-order valence-electron chi connectivity index (χ4n) is 3.91. The molecule has 1 aliphatic rings. The Labute approximate surface area is 177 Å². The zero-order valence-electron chi connectivity index (χ0n) is 17.7. The quantitative estimate of drug-likeness (QED) is 0.533. The van der Waals surface area contributed by atoms with Crippen LogP contribution in [0, 0.1) is 10.1 Å². The lowest BCUT2D eigenvalue weighted by Gasteiger charge is -2.38. The lowest BCUT2D eigenvalue weighted by molar-refractivity contribution is -0.384. The van der Waals surface area contributed by atoms with Gasteiger partial charge in [0, 0.05) is 56.5 Å². The van der Waals surface area contributed by atoms with E-state index in [1.54, 1.807) is 12.1 Å². The minimum absolute atomic E-state index is 0.0631. The maximum Gasteiger partial charge on any atom is 0.269 e. The maximum atomic E-state index is 12.7. The normalized spacial score (nSPS) is 16.7. The van der Waals surface area contributed by atoms with Crippen LogP contribution in [0.3, 0.4) is 0 Å². The van der Waals surface area contributed by atoms with Crippen LogP contribution in [0.1, 0.15) is 31.7 Å². The zero-order chi connectivity index (χ0) is 21.5. The van der Waals surface area contributed by atoms with E-state index >= 15 is 0 Å². The molecule has 1 aliphatic heterocycles. The second kappa shape index (κ2) is 10.2. The molecule has 7 heteroatoms. The molecule has 0 unspecified atom stereocenters. The Morgan fingerprint density at radius 3 is 2.27 bits per heavy atom. The molecule has 1 saturated heterocycles. The number of carbonyl (C=O) groups is 1. The SMILES string of the molecule is CC[C@H](CNC(=O)[C@@H](C)N1CCN(c2ccc([N+](=O)[O-])cc2)CC1)c1ccccc1. The molecule has 2 aromatic rings. The Balaban J connectivity index is 1.48. The van der Waals surface area contributed by atoms with Crippen molar-refractivity contribution in [2.24, 2.45) is 0 Å². The fourth-order valence-corrected chi connectivity index (χ4v) is 3.91. The number of nitrogens with one attached hydrogen (secondary N) is 1. The summed E-state index contributed by atoms with van der Waals surface area (Å²) < 4.78 is 0. The van der Waals surface area contributed by atoms with Gasteiger partial charge in [-0.1, -0.05) is 37.3 Å². The summed E-state index contributed by atoms with van der Waals surface area (Å²) in [7, 11) is 0. The van der Waals surface area contributed by atoms with Crippen molar-refractivity contribution in [1.29, 1.82) is 0 Å². The van der Waals surface area contributed by atoms with Crippen LogP contribution in [0.5, 0.6) is 0 Å². The molecule has 2 atom stereocenters. The predicted molar refractivity (Wildman–Crippen MR) is 119 cm³/mol. The highest BCUT2D eigenvalue weighted by molar-refractivity contribution is 5.81. The standard InChI is InChI=1S/C23H30N4O3/c1-3-19(20-7-5-4-6-8-20)17-24-23(28)18(2)25-13-15-26(16-14-25)21-9-11-22(12-10-21)27(29)30/h4-12,18-19H,3,13-17H2,1-2H3,(H,24,28)/t18-,19-/m1/s1. The number of non-ortho nitro benzene ring substituents is 1. The molecule has 1 heterocycles. The largest absolute Gasteiger partial charge is 0.369 e. The number of hydrogen-bond acceptors (Lipinski definition) is 5. The summed E-state index contributed by atoms with van der Waals surface area (Å²) in [6.45, 7) is 7.88. The molecule has 0 aliphatic carbocycles. The van der Waals surface area contributed by atoms with Crippen molar-refractivity contribution in [1.82, 2.24) is 10.2 Å². The zero-order valence-corrected chi connectivity index (χ0v) is 17.7. The van der Waals surface area contributed by atoms with E-state index in [1.165, 1.54) is 17.7 Å². The Morgan fingerprint density at radius 2 is 1.70 bits per heavy atom. The number of rotatable bonds is 8. The van der Waals surface area contributed by atoms with Gasteiger partial charge in [-0.3, -0.25) is 19.8 Å². The molecule has 0 aromatic heterocycles. The summed E-state index contributed by atoms with van der Waals surface area (Å²) in [4.78, 5) is 27.5. The number of nitro benzene ring substituents is 1. The molecule has 1 amide bonds. The first kappa shape index (κ1) is 21.8. The molecule has 1 fully saturated rings. The van der Waals surface area contributed by atoms with E-state index < -0.39 is 0 Å². The van der Waals surface area contributed by atoms with Crippen LogP contribution < -0.4 is 10.2 Å². The summed E-state index contributed by atoms with van der Waals surface area (Å²) >= 11 is 0. The topological polar surface area (TPSA) is 78.7 Å². The van der Waals surface area contributed by atoms with Crippen molar-refractivity contribution in [2.45, 2.75) is 32.2 Å². The average molecular weight is 411 g/mol. The predicted octanol–water partition coefficient (Wildman–Crippen LogP) is 3.42. The molecular formula is C23H30N4O3. The molecule has 3 rings (SSSR count). The van der Waals surface area contributed by atoms with Gasteiger partial charge in [-0.15, -0.1) is 0 Å². The number of nitrogens with zero attached hydrogens (tertiary/aromatic N) is 3. The third kappa shape index (κ3) is 5.36. The van der Waals surface area contributed by atoms with Crippen molar-refractivity contribution in [3.63, 3.8) is 0 Å². The molecule has 0 bridgehead atoms. The van der Waals surface area contributed by atoms with Crippen LogP contribution in [-0.2, 0) is 4.79 Å². The van der Waals surface area contributed by atoms with E-state index in [0.717, 1.165) is 38.3 Å². The van der Waals surface area contributed by atoms with Crippen LogP contribution >= 0.6 is 0 Å². The Hall–Kier alpha value is -2.93. The van der Waals surface area contributed by atoms with Crippen LogP contribution in [0.25, 0.3) is 0 Å². The number of hydrogen-bond donors (Lipinski definition) is 1. The molecule has 1 N–H and O–H groups in total. The third-order valence-corrected chi connectivity index (χ3v) is 5.95. The monoisotopic (exact) mass is 410 g/mol. The first-order valence-corrected chi connectivity index (χ1v) is 10.6. The number of nitro groups is 1. The van der Waals surface area contributed by atoms with Crippen LogP contribution in [0.15, 0.2) is 54.6 Å². The van der Waals surface area contributed by atoms with Gasteiger partial charge in [-0.2, -0.15) is 0 Å². The van der Waals surface area contributed by atoms with Crippen molar-refractivity contribution in [2.75, 3.05) is 37.6 Å². The van der Waals surface area contributed by atoms with Gasteiger partial charge < -0.3 is 10.2 Å². The average Bonchev–Trinajstić information content (AvgIpc) is 2.79. The highest BCUT2D eigenvalue weighted by Gasteiger charge is 2.26. The Bertz CT molecular complexity index is 833. The molecule has 7 nitrogen and oxygen atoms in total. The van der Waals surface area contributed by atoms with Gasteiger partial charge in [-0.05, 0) is 31.0 Å². The summed E-state index contributed by atoms with van der Waals surface area (Å²) in [5.74, 6) is 0.384. The third-order valence-electron chi connectivity index (χ3n) is 5.95. The molecule has 2 aromatic carbocycles. The van der Waals surface area contributed by atoms with E-state index in [2.05, 4.69) is 34.2 Å². The number of piperazine rings is 1. The molecule has 0 spiro atoms. The van der Waals surface area contributed by atoms with E-state index in [1.807, 2.05) is 25.1 Å². The van der Waals surface area contributed by atoms with Gasteiger partial charge >= 0.3 is 0 Å². The first-order valence-electron chi connectivity index (χ1n) is 10.6. The fraction of sp³-hybridized carbons (Fsp3) is 0.435. The second-order valence-electron chi connectivity index (χ2n) is 7.73. The summed E-state index contributed by atoms with van der Waals surface area (Å²) in [6.07, 6.45) is 0.979. The summed E-state index contributed by atoms with van der Waals surface area (Å²) in [5.41, 5.74) is 2.33. The van der Waals surface area contributed by atoms with Crippen molar-refractivity contribution in [3.05, 3.63) is 70.3 Å². The summed E-state index contributed by atoms with van der Waals surface area (Å²) in [6, 6.07) is 16.8. The minimum atomic E-state index is -0.386. The Kier molecular flexibility index (Phi) is 7.41. The van der Waals surface area contributed by atoms with Crippen molar-refractivity contribution in [3.8, 4) is 0 Å². The molecule has 0 saturated carbocycles. The van der Waals surface area contributed by atoms with Crippen molar-refractivity contribution < 1.29 is 9.72 Å². The minimum Gasteiger partial charge on any atom is -0.369 e. The lowest BCUT2D eigenvalue weighted by Crippen LogP contribution is -2.54. The van der Waals surface area contributed by atoms with Gasteiger partial charge in [0.2, 0.25) is 5.91 Å². The van der Waals surface area contributed by atoms with E-state index in [9.17, 15) is 14.9 Å². The number of anilines is 1. The molecular weight excluding hydrogens is 380 g/mol. The molecule has 160 valence electrons. The number of amides is 1. The first-order chi connectivity index (χ1) is 14.5. The van der Waals surface area contributed by atoms with Crippen LogP contribution in [0.4, 0.5) is 11.4 Å². The van der Waals surface area contributed by atoms with E-state index in [4.69, 9.17) is 0 Å². The highest BCUT2D eigenvalue weighted by Crippen LogP contribution is 2.21. The van der Waals surface area contributed by atoms with Crippen molar-refractivity contribution >= 4 is 17.3 Å². The van der Waals surface area contributed by atoms with Crippen LogP contribution in [-0.4, -0.2) is 54.5 Å². The molecule has 0 radical (unpaired) electrons. The number of benzene rings is 2.